The van der Waals surface area contributed by atoms with Crippen molar-refractivity contribution in [2.24, 2.45) is 0 Å². The lowest BCUT2D eigenvalue weighted by Crippen LogP contribution is -2.41. The summed E-state index contributed by atoms with van der Waals surface area (Å²) in [7, 11) is -0.384. The molecule has 120 valence electrons. The summed E-state index contributed by atoms with van der Waals surface area (Å²) in [6, 6.07) is 12.2. The molecule has 0 radical (unpaired) electrons. The Kier molecular flexibility index (Phi) is 4.30. The lowest BCUT2D eigenvalue weighted by atomic mass is 9.78. The van der Waals surface area contributed by atoms with Crippen molar-refractivity contribution in [3.05, 3.63) is 47.6 Å². The fraction of sp³-hybridized carbons (Fsp3) is 0.389. The molecular formula is C18H22BNO2S. The molecule has 0 atom stereocenters. The minimum absolute atomic E-state index is 0.351. The van der Waals surface area contributed by atoms with E-state index < -0.39 is 0 Å². The summed E-state index contributed by atoms with van der Waals surface area (Å²) >= 11 is 4.45. The van der Waals surface area contributed by atoms with Gasteiger partial charge >= 0.3 is 7.12 Å². The van der Waals surface area contributed by atoms with Gasteiger partial charge in [-0.15, -0.1) is 0 Å². The van der Waals surface area contributed by atoms with Gasteiger partial charge in [0, 0.05) is 11.1 Å². The first kappa shape index (κ1) is 16.6. The fourth-order valence-electron chi connectivity index (χ4n) is 2.53. The number of fused-ring (bicyclic) bond motifs is 1. The SMILES string of the molecule is CC1(C)OB(C(=Cc2ccc3ccccc3n2)CS)OC1(C)C. The maximum absolute atomic E-state index is 6.11. The normalized spacial score (nSPS) is 20.2. The van der Waals surface area contributed by atoms with Crippen molar-refractivity contribution in [1.29, 1.82) is 0 Å². The highest BCUT2D eigenvalue weighted by Crippen LogP contribution is 2.39. The van der Waals surface area contributed by atoms with Gasteiger partial charge in [-0.1, -0.05) is 24.3 Å². The van der Waals surface area contributed by atoms with E-state index in [0.717, 1.165) is 22.1 Å². The summed E-state index contributed by atoms with van der Waals surface area (Å²) in [6.45, 7) is 8.21. The van der Waals surface area contributed by atoms with Gasteiger partial charge in [-0.3, -0.25) is 0 Å². The topological polar surface area (TPSA) is 31.4 Å². The van der Waals surface area contributed by atoms with Gasteiger partial charge in [0.2, 0.25) is 0 Å². The molecule has 3 nitrogen and oxygen atoms in total. The molecule has 0 N–H and O–H groups in total. The summed E-state index contributed by atoms with van der Waals surface area (Å²) in [5.41, 5.74) is 2.15. The van der Waals surface area contributed by atoms with Crippen LogP contribution >= 0.6 is 12.6 Å². The molecule has 1 aliphatic rings. The largest absolute Gasteiger partial charge is 0.491 e. The van der Waals surface area contributed by atoms with Gasteiger partial charge in [0.1, 0.15) is 0 Å². The Morgan fingerprint density at radius 2 is 1.74 bits per heavy atom. The molecule has 23 heavy (non-hydrogen) atoms. The van der Waals surface area contributed by atoms with E-state index in [2.05, 4.69) is 57.4 Å². The lowest BCUT2D eigenvalue weighted by molar-refractivity contribution is 0.00578. The maximum atomic E-state index is 6.11. The Morgan fingerprint density at radius 3 is 2.39 bits per heavy atom. The summed E-state index contributed by atoms with van der Waals surface area (Å²) < 4.78 is 12.2. The molecule has 1 saturated heterocycles. The van der Waals surface area contributed by atoms with Gasteiger partial charge in [0.15, 0.2) is 0 Å². The average Bonchev–Trinajstić information content (AvgIpc) is 2.72. The molecule has 1 aromatic heterocycles. The zero-order valence-electron chi connectivity index (χ0n) is 14.0. The molecule has 2 heterocycles. The third-order valence-corrected chi connectivity index (χ3v) is 5.06. The fourth-order valence-corrected chi connectivity index (χ4v) is 2.78. The number of thiol groups is 1. The molecule has 0 aliphatic carbocycles. The van der Waals surface area contributed by atoms with Crippen molar-refractivity contribution in [2.45, 2.75) is 38.9 Å². The molecule has 0 bridgehead atoms. The van der Waals surface area contributed by atoms with Crippen LogP contribution in [0.15, 0.2) is 41.9 Å². The zero-order valence-corrected chi connectivity index (χ0v) is 14.9. The van der Waals surface area contributed by atoms with Crippen LogP contribution in [0.4, 0.5) is 0 Å². The molecule has 0 unspecified atom stereocenters. The van der Waals surface area contributed by atoms with Gasteiger partial charge in [-0.05, 0) is 51.4 Å². The molecule has 1 aromatic carbocycles. The average molecular weight is 327 g/mol. The van der Waals surface area contributed by atoms with E-state index in [0.29, 0.717) is 5.75 Å². The van der Waals surface area contributed by atoms with E-state index >= 15 is 0 Å². The van der Waals surface area contributed by atoms with Crippen molar-refractivity contribution in [2.75, 3.05) is 5.75 Å². The quantitative estimate of drug-likeness (QED) is 0.678. The molecule has 2 aromatic rings. The highest BCUT2D eigenvalue weighted by atomic mass is 32.1. The van der Waals surface area contributed by atoms with E-state index in [1.165, 1.54) is 0 Å². The molecule has 0 saturated carbocycles. The summed E-state index contributed by atoms with van der Waals surface area (Å²) in [6.07, 6.45) is 2.02. The van der Waals surface area contributed by atoms with Gasteiger partial charge in [0.05, 0.1) is 22.4 Å². The van der Waals surface area contributed by atoms with Crippen LogP contribution in [0.5, 0.6) is 0 Å². The molecular weight excluding hydrogens is 305 g/mol. The predicted octanol–water partition coefficient (Wildman–Crippen LogP) is 4.18. The number of nitrogens with zero attached hydrogens (tertiary/aromatic N) is 1. The molecule has 3 rings (SSSR count). The van der Waals surface area contributed by atoms with Crippen molar-refractivity contribution in [1.82, 2.24) is 4.98 Å². The number of aromatic nitrogens is 1. The first-order chi connectivity index (χ1) is 10.8. The zero-order chi connectivity index (χ0) is 16.7. The summed E-state index contributed by atoms with van der Waals surface area (Å²) in [5, 5.41) is 1.13. The van der Waals surface area contributed by atoms with Gasteiger partial charge < -0.3 is 9.31 Å². The van der Waals surface area contributed by atoms with Gasteiger partial charge in [0.25, 0.3) is 0 Å². The smallest absolute Gasteiger partial charge is 0.400 e. The standard InChI is InChI=1S/C18H22BNO2S/c1-17(2)18(3,4)22-19(21-17)14(12-23)11-15-10-9-13-7-5-6-8-16(13)20-15/h5-11,23H,12H2,1-4H3. The second kappa shape index (κ2) is 5.97. The molecule has 0 amide bonds. The first-order valence-corrected chi connectivity index (χ1v) is 8.48. The Balaban J connectivity index is 1.92. The Morgan fingerprint density at radius 1 is 1.09 bits per heavy atom. The van der Waals surface area contributed by atoms with Crippen molar-refractivity contribution >= 4 is 36.7 Å². The summed E-state index contributed by atoms with van der Waals surface area (Å²) in [4.78, 5) is 4.69. The lowest BCUT2D eigenvalue weighted by Gasteiger charge is -2.32. The highest BCUT2D eigenvalue weighted by molar-refractivity contribution is 7.80. The van der Waals surface area contributed by atoms with Crippen LogP contribution in [0, 0.1) is 0 Å². The second-order valence-electron chi connectivity index (χ2n) is 6.89. The monoisotopic (exact) mass is 327 g/mol. The number of pyridine rings is 1. The van der Waals surface area contributed by atoms with Crippen LogP contribution in [-0.2, 0) is 9.31 Å². The van der Waals surface area contributed by atoms with E-state index in [1.807, 2.05) is 30.3 Å². The van der Waals surface area contributed by atoms with Gasteiger partial charge in [-0.25, -0.2) is 4.98 Å². The van der Waals surface area contributed by atoms with Crippen molar-refractivity contribution in [3.8, 4) is 0 Å². The number of hydrogen-bond acceptors (Lipinski definition) is 4. The van der Waals surface area contributed by atoms with Crippen LogP contribution in [0.2, 0.25) is 0 Å². The van der Waals surface area contributed by atoms with Crippen molar-refractivity contribution in [3.63, 3.8) is 0 Å². The minimum Gasteiger partial charge on any atom is -0.400 e. The van der Waals surface area contributed by atoms with Crippen LogP contribution in [-0.4, -0.2) is 29.1 Å². The minimum atomic E-state index is -0.384. The number of benzene rings is 1. The van der Waals surface area contributed by atoms with E-state index in [1.54, 1.807) is 0 Å². The molecule has 0 spiro atoms. The van der Waals surface area contributed by atoms with Crippen LogP contribution in [0.25, 0.3) is 17.0 Å². The van der Waals surface area contributed by atoms with Gasteiger partial charge in [-0.2, -0.15) is 12.6 Å². The van der Waals surface area contributed by atoms with Crippen LogP contribution in [0.1, 0.15) is 33.4 Å². The Hall–Kier alpha value is -1.30. The summed E-state index contributed by atoms with van der Waals surface area (Å²) in [5.74, 6) is 0.561. The van der Waals surface area contributed by atoms with E-state index in [9.17, 15) is 0 Å². The van der Waals surface area contributed by atoms with E-state index in [-0.39, 0.29) is 18.3 Å². The van der Waals surface area contributed by atoms with E-state index in [4.69, 9.17) is 9.31 Å². The van der Waals surface area contributed by atoms with Crippen LogP contribution in [0.3, 0.4) is 0 Å². The maximum Gasteiger partial charge on any atom is 0.491 e. The Bertz CT molecular complexity index is 742. The molecule has 1 fully saturated rings. The number of hydrogen-bond donors (Lipinski definition) is 1. The Labute approximate surface area is 143 Å². The third kappa shape index (κ3) is 3.18. The molecule has 1 aliphatic heterocycles. The first-order valence-electron chi connectivity index (χ1n) is 7.85. The number of para-hydroxylation sites is 1. The third-order valence-electron chi connectivity index (χ3n) is 4.69. The second-order valence-corrected chi connectivity index (χ2v) is 7.21. The predicted molar refractivity (Wildman–Crippen MR) is 99.7 cm³/mol. The number of rotatable bonds is 3. The highest BCUT2D eigenvalue weighted by Gasteiger charge is 2.52. The van der Waals surface area contributed by atoms with Crippen molar-refractivity contribution < 1.29 is 9.31 Å². The molecule has 5 heteroatoms. The van der Waals surface area contributed by atoms with Crippen LogP contribution < -0.4 is 0 Å².